The van der Waals surface area contributed by atoms with Crippen molar-refractivity contribution >= 4 is 43.8 Å². The van der Waals surface area contributed by atoms with Gasteiger partial charge in [-0.05, 0) is 79.0 Å². The zero-order valence-electron chi connectivity index (χ0n) is 19.5. The highest BCUT2D eigenvalue weighted by Crippen LogP contribution is 2.26. The van der Waals surface area contributed by atoms with Crippen LogP contribution in [0.4, 0.5) is 15.3 Å². The second-order valence-electron chi connectivity index (χ2n) is 9.16. The Hall–Kier alpha value is -2.01. The molecular weight excluding hydrogens is 502 g/mol. The van der Waals surface area contributed by atoms with Gasteiger partial charge in [0.15, 0.2) is 0 Å². The Kier molecular flexibility index (Phi) is 10.3. The molecule has 0 radical (unpaired) electrons. The number of ether oxygens (including phenoxy) is 2. The van der Waals surface area contributed by atoms with Crippen molar-refractivity contribution in [2.45, 2.75) is 76.9 Å². The van der Waals surface area contributed by atoms with Crippen molar-refractivity contribution in [1.29, 1.82) is 0 Å². The number of rotatable bonds is 9. The van der Waals surface area contributed by atoms with E-state index < -0.39 is 33.4 Å². The van der Waals surface area contributed by atoms with E-state index in [4.69, 9.17) is 9.47 Å². The van der Waals surface area contributed by atoms with Gasteiger partial charge in [0.2, 0.25) is 0 Å². The molecule has 0 aliphatic carbocycles. The van der Waals surface area contributed by atoms with E-state index in [0.717, 1.165) is 19.3 Å². The molecule has 0 aliphatic heterocycles. The normalized spacial score (nSPS) is 12.1. The van der Waals surface area contributed by atoms with Crippen LogP contribution in [-0.2, 0) is 19.5 Å². The molecule has 0 atom stereocenters. The monoisotopic (exact) mass is 535 g/mol. The lowest BCUT2D eigenvalue weighted by molar-refractivity contribution is 0.0524. The third-order valence-electron chi connectivity index (χ3n) is 3.68. The summed E-state index contributed by atoms with van der Waals surface area (Å²) < 4.78 is 38.2. The standard InChI is InChI=1S/C21H34BrN3O6S/c1-20(2,3)30-18(26)24-13-9-7-8-12-23-16-14-15(22)10-11-17(16)32(28,29)25-19(27)31-21(4,5)6/h10-11,14,23H,7-9,12-13H2,1-6H3,(H,24,26)(H,25,27). The number of hydrogen-bond donors (Lipinski definition) is 3. The van der Waals surface area contributed by atoms with Crippen LogP contribution in [-0.4, -0.2) is 44.9 Å². The van der Waals surface area contributed by atoms with E-state index >= 15 is 0 Å². The van der Waals surface area contributed by atoms with E-state index in [2.05, 4.69) is 26.6 Å². The fraction of sp³-hybridized carbons (Fsp3) is 0.619. The lowest BCUT2D eigenvalue weighted by Crippen LogP contribution is -2.36. The second kappa shape index (κ2) is 11.7. The number of carbonyl (C=O) groups is 2. The number of hydrogen-bond acceptors (Lipinski definition) is 7. The third-order valence-corrected chi connectivity index (χ3v) is 5.55. The number of unbranched alkanes of at least 4 members (excludes halogenated alkanes) is 2. The molecule has 0 spiro atoms. The van der Waals surface area contributed by atoms with Gasteiger partial charge in [0, 0.05) is 17.6 Å². The molecule has 0 heterocycles. The van der Waals surface area contributed by atoms with Crippen molar-refractivity contribution in [3.05, 3.63) is 22.7 Å². The summed E-state index contributed by atoms with van der Waals surface area (Å²) in [5.41, 5.74) is -0.991. The average molecular weight is 536 g/mol. The van der Waals surface area contributed by atoms with Gasteiger partial charge in [-0.25, -0.2) is 22.7 Å². The summed E-state index contributed by atoms with van der Waals surface area (Å²) in [7, 11) is -4.12. The zero-order chi connectivity index (χ0) is 24.6. The number of amides is 2. The van der Waals surface area contributed by atoms with Crippen LogP contribution in [0.2, 0.25) is 0 Å². The zero-order valence-corrected chi connectivity index (χ0v) is 21.9. The Morgan fingerprint density at radius 1 is 0.906 bits per heavy atom. The smallest absolute Gasteiger partial charge is 0.421 e. The Morgan fingerprint density at radius 3 is 2.06 bits per heavy atom. The first-order valence-corrected chi connectivity index (χ1v) is 12.6. The topological polar surface area (TPSA) is 123 Å². The number of carbonyl (C=O) groups excluding carboxylic acids is 2. The van der Waals surface area contributed by atoms with Crippen molar-refractivity contribution in [2.75, 3.05) is 18.4 Å². The molecule has 3 N–H and O–H groups in total. The maximum absolute atomic E-state index is 12.7. The van der Waals surface area contributed by atoms with Gasteiger partial charge in [-0.15, -0.1) is 0 Å². The summed E-state index contributed by atoms with van der Waals surface area (Å²) >= 11 is 3.33. The van der Waals surface area contributed by atoms with E-state index in [9.17, 15) is 18.0 Å². The first-order chi connectivity index (χ1) is 14.6. The predicted octanol–water partition coefficient (Wildman–Crippen LogP) is 4.77. The summed E-state index contributed by atoms with van der Waals surface area (Å²) in [6.07, 6.45) is 0.836. The van der Waals surface area contributed by atoms with Crippen molar-refractivity contribution in [3.63, 3.8) is 0 Å². The molecular formula is C21H34BrN3O6S. The molecule has 0 bridgehead atoms. The Morgan fingerprint density at radius 2 is 1.47 bits per heavy atom. The Labute approximate surface area is 199 Å². The van der Waals surface area contributed by atoms with E-state index in [1.54, 1.807) is 53.7 Å². The number of halogens is 1. The van der Waals surface area contributed by atoms with Crippen LogP contribution in [0.1, 0.15) is 60.8 Å². The maximum Gasteiger partial charge on any atom is 0.421 e. The fourth-order valence-electron chi connectivity index (χ4n) is 2.49. The molecule has 0 aliphatic rings. The summed E-state index contributed by atoms with van der Waals surface area (Å²) in [5, 5.41) is 5.80. The highest BCUT2D eigenvalue weighted by atomic mass is 79.9. The van der Waals surface area contributed by atoms with Crippen molar-refractivity contribution in [3.8, 4) is 0 Å². The Bertz CT molecular complexity index is 892. The van der Waals surface area contributed by atoms with Gasteiger partial charge in [-0.2, -0.15) is 0 Å². The van der Waals surface area contributed by atoms with Crippen molar-refractivity contribution in [2.24, 2.45) is 0 Å². The summed E-state index contributed by atoms with van der Waals surface area (Å²) in [6, 6.07) is 4.62. The number of sulfonamides is 1. The van der Waals surface area contributed by atoms with Gasteiger partial charge in [0.1, 0.15) is 16.1 Å². The van der Waals surface area contributed by atoms with Crippen LogP contribution in [0.5, 0.6) is 0 Å². The van der Waals surface area contributed by atoms with Crippen LogP contribution in [0.3, 0.4) is 0 Å². The number of benzene rings is 1. The van der Waals surface area contributed by atoms with E-state index in [-0.39, 0.29) is 4.90 Å². The molecule has 1 aromatic carbocycles. The first kappa shape index (κ1) is 28.0. The number of alkyl carbamates (subject to hydrolysis) is 1. The van der Waals surface area contributed by atoms with Gasteiger partial charge in [0.25, 0.3) is 10.0 Å². The minimum atomic E-state index is -4.12. The lowest BCUT2D eigenvalue weighted by Gasteiger charge is -2.20. The maximum atomic E-state index is 12.7. The molecule has 11 heteroatoms. The summed E-state index contributed by atoms with van der Waals surface area (Å²) in [5.74, 6) is 0. The molecule has 1 rings (SSSR count). The van der Waals surface area contributed by atoms with Crippen LogP contribution in [0.15, 0.2) is 27.6 Å². The van der Waals surface area contributed by atoms with Crippen molar-refractivity contribution in [1.82, 2.24) is 10.0 Å². The van der Waals surface area contributed by atoms with E-state index in [0.29, 0.717) is 23.2 Å². The van der Waals surface area contributed by atoms with Gasteiger partial charge < -0.3 is 20.1 Å². The molecule has 9 nitrogen and oxygen atoms in total. The SMILES string of the molecule is CC(C)(C)OC(=O)NCCCCCNc1cc(Br)ccc1S(=O)(=O)NC(=O)OC(C)(C)C. The molecule has 182 valence electrons. The van der Waals surface area contributed by atoms with E-state index in [1.165, 1.54) is 6.07 Å². The molecule has 32 heavy (non-hydrogen) atoms. The van der Waals surface area contributed by atoms with Crippen molar-refractivity contribution < 1.29 is 27.5 Å². The van der Waals surface area contributed by atoms with Crippen LogP contribution < -0.4 is 15.4 Å². The highest BCUT2D eigenvalue weighted by Gasteiger charge is 2.25. The molecule has 0 saturated heterocycles. The van der Waals surface area contributed by atoms with E-state index in [1.807, 2.05) is 4.72 Å². The van der Waals surface area contributed by atoms with Crippen LogP contribution >= 0.6 is 15.9 Å². The minimum absolute atomic E-state index is 0.0573. The molecule has 0 saturated carbocycles. The lowest BCUT2D eigenvalue weighted by atomic mass is 10.2. The molecule has 1 aromatic rings. The number of nitrogens with one attached hydrogen (secondary N) is 3. The second-order valence-corrected chi connectivity index (χ2v) is 11.7. The first-order valence-electron chi connectivity index (χ1n) is 10.4. The van der Waals surface area contributed by atoms with Gasteiger partial charge in [-0.1, -0.05) is 15.9 Å². The minimum Gasteiger partial charge on any atom is -0.444 e. The van der Waals surface area contributed by atoms with Gasteiger partial charge in [-0.3, -0.25) is 0 Å². The molecule has 0 fully saturated rings. The average Bonchev–Trinajstić information content (AvgIpc) is 2.56. The van der Waals surface area contributed by atoms with Gasteiger partial charge in [0.05, 0.1) is 5.69 Å². The third kappa shape index (κ3) is 11.6. The van der Waals surface area contributed by atoms with Crippen LogP contribution in [0, 0.1) is 0 Å². The summed E-state index contributed by atoms with van der Waals surface area (Å²) in [6.45, 7) is 11.4. The summed E-state index contributed by atoms with van der Waals surface area (Å²) in [4.78, 5) is 23.5. The molecule has 0 aromatic heterocycles. The molecule has 0 unspecified atom stereocenters. The highest BCUT2D eigenvalue weighted by molar-refractivity contribution is 9.10. The molecule has 2 amide bonds. The predicted molar refractivity (Wildman–Crippen MR) is 127 cm³/mol. The van der Waals surface area contributed by atoms with Crippen LogP contribution in [0.25, 0.3) is 0 Å². The fourth-order valence-corrected chi connectivity index (χ4v) is 3.89. The Balaban J connectivity index is 2.58. The largest absolute Gasteiger partial charge is 0.444 e. The quantitative estimate of drug-likeness (QED) is 0.389. The van der Waals surface area contributed by atoms with Gasteiger partial charge >= 0.3 is 12.2 Å². The number of anilines is 1.